The average Bonchev–Trinajstić information content (AvgIpc) is 2.47. The number of alkyl halides is 4. The summed E-state index contributed by atoms with van der Waals surface area (Å²) in [6, 6.07) is 15.0. The number of rotatable bonds is 4. The third kappa shape index (κ3) is 4.24. The van der Waals surface area contributed by atoms with Gasteiger partial charge in [-0.25, -0.2) is 0 Å². The zero-order chi connectivity index (χ0) is 15.5. The molecule has 2 unspecified atom stereocenters. The van der Waals surface area contributed by atoms with Gasteiger partial charge in [-0.05, 0) is 35.6 Å². The maximum absolute atomic E-state index is 12.5. The van der Waals surface area contributed by atoms with Crippen molar-refractivity contribution in [3.63, 3.8) is 0 Å². The van der Waals surface area contributed by atoms with Gasteiger partial charge in [0.05, 0.1) is 10.9 Å². The molecule has 0 radical (unpaired) electrons. The summed E-state index contributed by atoms with van der Waals surface area (Å²) >= 11 is 6.43. The molecule has 0 bridgehead atoms. The molecule has 0 spiro atoms. The van der Waals surface area contributed by atoms with Gasteiger partial charge in [0.25, 0.3) is 0 Å². The van der Waals surface area contributed by atoms with Gasteiger partial charge in [0.1, 0.15) is 0 Å². The molecule has 0 saturated carbocycles. The SMILES string of the molecule is CC(Cc1ccc(C(F)(F)F)cc1)C(Cl)c1ccccc1. The Balaban J connectivity index is 2.04. The predicted octanol–water partition coefficient (Wildman–Crippen LogP) is 5.86. The minimum Gasteiger partial charge on any atom is -0.166 e. The lowest BCUT2D eigenvalue weighted by atomic mass is 9.93. The van der Waals surface area contributed by atoms with E-state index >= 15 is 0 Å². The summed E-state index contributed by atoms with van der Waals surface area (Å²) in [4.78, 5) is 0. The molecule has 0 aliphatic carbocycles. The lowest BCUT2D eigenvalue weighted by molar-refractivity contribution is -0.137. The summed E-state index contributed by atoms with van der Waals surface area (Å²) in [5.41, 5.74) is 1.26. The summed E-state index contributed by atoms with van der Waals surface area (Å²) in [5, 5.41) is -0.159. The Hall–Kier alpha value is -1.48. The third-order valence-corrected chi connectivity index (χ3v) is 4.14. The molecule has 4 heteroatoms. The molecule has 112 valence electrons. The van der Waals surface area contributed by atoms with Crippen LogP contribution in [0.4, 0.5) is 13.2 Å². The topological polar surface area (TPSA) is 0 Å². The van der Waals surface area contributed by atoms with E-state index in [0.717, 1.165) is 23.3 Å². The first-order valence-electron chi connectivity index (χ1n) is 6.73. The lowest BCUT2D eigenvalue weighted by Gasteiger charge is -2.18. The van der Waals surface area contributed by atoms with Crippen LogP contribution in [0.25, 0.3) is 0 Å². The maximum atomic E-state index is 12.5. The second kappa shape index (κ2) is 6.52. The summed E-state index contributed by atoms with van der Waals surface area (Å²) in [6.45, 7) is 2.00. The quantitative estimate of drug-likeness (QED) is 0.620. The van der Waals surface area contributed by atoms with Gasteiger partial charge in [0, 0.05) is 0 Å². The van der Waals surface area contributed by atoms with Crippen molar-refractivity contribution in [3.8, 4) is 0 Å². The smallest absolute Gasteiger partial charge is 0.166 e. The van der Waals surface area contributed by atoms with Gasteiger partial charge >= 0.3 is 6.18 Å². The van der Waals surface area contributed by atoms with Gasteiger partial charge < -0.3 is 0 Å². The van der Waals surface area contributed by atoms with Crippen LogP contribution in [0.1, 0.15) is 29.0 Å². The van der Waals surface area contributed by atoms with Gasteiger partial charge in [0.15, 0.2) is 0 Å². The molecule has 0 nitrogen and oxygen atoms in total. The van der Waals surface area contributed by atoms with Gasteiger partial charge in [-0.15, -0.1) is 11.6 Å². The monoisotopic (exact) mass is 312 g/mol. The first-order chi connectivity index (χ1) is 9.88. The van der Waals surface area contributed by atoms with Crippen LogP contribution in [0.5, 0.6) is 0 Å². The Morgan fingerprint density at radius 2 is 1.52 bits per heavy atom. The van der Waals surface area contributed by atoms with E-state index in [0.29, 0.717) is 6.42 Å². The molecule has 0 aliphatic heterocycles. The molecule has 0 saturated heterocycles. The van der Waals surface area contributed by atoms with Crippen molar-refractivity contribution < 1.29 is 13.2 Å². The largest absolute Gasteiger partial charge is 0.416 e. The van der Waals surface area contributed by atoms with Crippen molar-refractivity contribution in [2.24, 2.45) is 5.92 Å². The van der Waals surface area contributed by atoms with Crippen LogP contribution >= 0.6 is 11.6 Å². The minimum atomic E-state index is -4.29. The fourth-order valence-electron chi connectivity index (χ4n) is 2.27. The normalized spacial score (nSPS) is 14.7. The molecule has 2 aromatic carbocycles. The van der Waals surface area contributed by atoms with E-state index in [1.54, 1.807) is 0 Å². The predicted molar refractivity (Wildman–Crippen MR) is 79.3 cm³/mol. The van der Waals surface area contributed by atoms with Gasteiger partial charge in [0.2, 0.25) is 0 Å². The fourth-order valence-corrected chi connectivity index (χ4v) is 2.51. The van der Waals surface area contributed by atoms with Crippen LogP contribution in [0.15, 0.2) is 54.6 Å². The fraction of sp³-hybridized carbons (Fsp3) is 0.294. The highest BCUT2D eigenvalue weighted by atomic mass is 35.5. The van der Waals surface area contributed by atoms with Crippen LogP contribution in [-0.4, -0.2) is 0 Å². The molecule has 0 aliphatic rings. The highest BCUT2D eigenvalue weighted by Gasteiger charge is 2.30. The molecule has 0 N–H and O–H groups in total. The Morgan fingerprint density at radius 3 is 2.05 bits per heavy atom. The molecule has 2 aromatic rings. The van der Waals surface area contributed by atoms with E-state index < -0.39 is 11.7 Å². The molecule has 0 aromatic heterocycles. The summed E-state index contributed by atoms with van der Waals surface area (Å²) < 4.78 is 37.5. The van der Waals surface area contributed by atoms with Gasteiger partial charge in [-0.1, -0.05) is 49.4 Å². The Bertz CT molecular complexity index is 561. The van der Waals surface area contributed by atoms with Crippen molar-refractivity contribution >= 4 is 11.6 Å². The van der Waals surface area contributed by atoms with E-state index in [1.807, 2.05) is 37.3 Å². The molecular formula is C17H16ClF3. The highest BCUT2D eigenvalue weighted by Crippen LogP contribution is 2.32. The Morgan fingerprint density at radius 1 is 0.952 bits per heavy atom. The third-order valence-electron chi connectivity index (χ3n) is 3.46. The zero-order valence-electron chi connectivity index (χ0n) is 11.6. The van der Waals surface area contributed by atoms with Crippen molar-refractivity contribution in [3.05, 3.63) is 71.3 Å². The Labute approximate surface area is 127 Å². The molecule has 0 amide bonds. The lowest BCUT2D eigenvalue weighted by Crippen LogP contribution is -2.08. The van der Waals surface area contributed by atoms with E-state index in [4.69, 9.17) is 11.6 Å². The number of hydrogen-bond donors (Lipinski definition) is 0. The van der Waals surface area contributed by atoms with E-state index in [-0.39, 0.29) is 11.3 Å². The van der Waals surface area contributed by atoms with Crippen molar-refractivity contribution in [1.29, 1.82) is 0 Å². The average molecular weight is 313 g/mol. The molecular weight excluding hydrogens is 297 g/mol. The molecule has 2 rings (SSSR count). The molecule has 2 atom stereocenters. The summed E-state index contributed by atoms with van der Waals surface area (Å²) in [7, 11) is 0. The van der Waals surface area contributed by atoms with Crippen LogP contribution in [-0.2, 0) is 12.6 Å². The van der Waals surface area contributed by atoms with Crippen LogP contribution in [0.3, 0.4) is 0 Å². The Kier molecular flexibility index (Phi) is 4.94. The number of halogens is 4. The maximum Gasteiger partial charge on any atom is 0.416 e. The van der Waals surface area contributed by atoms with Crippen LogP contribution in [0, 0.1) is 5.92 Å². The number of hydrogen-bond acceptors (Lipinski definition) is 0. The van der Waals surface area contributed by atoms with Crippen molar-refractivity contribution in [2.75, 3.05) is 0 Å². The van der Waals surface area contributed by atoms with E-state index in [2.05, 4.69) is 0 Å². The molecule has 0 heterocycles. The second-order valence-electron chi connectivity index (χ2n) is 5.19. The highest BCUT2D eigenvalue weighted by molar-refractivity contribution is 6.21. The standard InChI is InChI=1S/C17H16ClF3/c1-12(16(18)14-5-3-2-4-6-14)11-13-7-9-15(10-8-13)17(19,20)21/h2-10,12,16H,11H2,1H3. The van der Waals surface area contributed by atoms with E-state index in [1.165, 1.54) is 12.1 Å². The summed E-state index contributed by atoms with van der Waals surface area (Å²) in [6.07, 6.45) is -3.65. The van der Waals surface area contributed by atoms with Crippen LogP contribution < -0.4 is 0 Å². The first-order valence-corrected chi connectivity index (χ1v) is 7.16. The number of benzene rings is 2. The minimum absolute atomic E-state index is 0.130. The van der Waals surface area contributed by atoms with Crippen molar-refractivity contribution in [2.45, 2.75) is 24.9 Å². The summed E-state index contributed by atoms with van der Waals surface area (Å²) in [5.74, 6) is 0.130. The van der Waals surface area contributed by atoms with Crippen LogP contribution in [0.2, 0.25) is 0 Å². The van der Waals surface area contributed by atoms with Gasteiger partial charge in [-0.3, -0.25) is 0 Å². The van der Waals surface area contributed by atoms with E-state index in [9.17, 15) is 13.2 Å². The van der Waals surface area contributed by atoms with Crippen molar-refractivity contribution in [1.82, 2.24) is 0 Å². The van der Waals surface area contributed by atoms with Gasteiger partial charge in [-0.2, -0.15) is 13.2 Å². The molecule has 21 heavy (non-hydrogen) atoms. The zero-order valence-corrected chi connectivity index (χ0v) is 12.3. The molecule has 0 fully saturated rings. The first kappa shape index (κ1) is 15.9. The second-order valence-corrected chi connectivity index (χ2v) is 5.66.